The topological polar surface area (TPSA) is 98.4 Å². The molecule has 0 saturated carbocycles. The first-order chi connectivity index (χ1) is 17.5. The Kier molecular flexibility index (Phi) is 6.09. The van der Waals surface area contributed by atoms with Crippen molar-refractivity contribution in [3.8, 4) is 0 Å². The number of alkyl halides is 3. The number of rotatable bonds is 4. The van der Waals surface area contributed by atoms with Crippen LogP contribution in [0.1, 0.15) is 28.8 Å². The molecule has 1 spiro atoms. The number of carbonyl (C=O) groups excluding carboxylic acids is 3. The van der Waals surface area contributed by atoms with Gasteiger partial charge in [0.05, 0.1) is 27.8 Å². The third-order valence-corrected chi connectivity index (χ3v) is 7.25. The molecule has 3 amide bonds. The molecule has 13 heteroatoms. The number of hydrogen-bond donors (Lipinski definition) is 2. The van der Waals surface area contributed by atoms with Gasteiger partial charge in [-0.05, 0) is 43.2 Å². The Morgan fingerprint density at radius 3 is 2.59 bits per heavy atom. The van der Waals surface area contributed by atoms with Gasteiger partial charge in [-0.25, -0.2) is 4.39 Å². The zero-order chi connectivity index (χ0) is 26.5. The first-order valence-electron chi connectivity index (χ1n) is 11.4. The molecule has 0 unspecified atom stereocenters. The van der Waals surface area contributed by atoms with Crippen molar-refractivity contribution in [2.45, 2.75) is 24.4 Å². The zero-order valence-corrected chi connectivity index (χ0v) is 19.9. The number of hydrogen-bond acceptors (Lipinski definition) is 4. The van der Waals surface area contributed by atoms with Gasteiger partial charge in [-0.3, -0.25) is 19.5 Å². The van der Waals surface area contributed by atoms with Gasteiger partial charge in [0.2, 0.25) is 11.8 Å². The van der Waals surface area contributed by atoms with Crippen molar-refractivity contribution < 1.29 is 31.9 Å². The van der Waals surface area contributed by atoms with E-state index in [9.17, 15) is 31.9 Å². The minimum Gasteiger partial charge on any atom is -0.345 e. The maximum atomic E-state index is 14.5. The van der Waals surface area contributed by atoms with Crippen molar-refractivity contribution in [2.24, 2.45) is 0 Å². The minimum atomic E-state index is -4.61. The number of amides is 3. The maximum Gasteiger partial charge on any atom is 0.405 e. The molecule has 37 heavy (non-hydrogen) atoms. The van der Waals surface area contributed by atoms with Gasteiger partial charge >= 0.3 is 6.18 Å². The van der Waals surface area contributed by atoms with Crippen molar-refractivity contribution in [1.29, 1.82) is 0 Å². The fraction of sp³-hybridized carbons (Fsp3) is 0.333. The highest BCUT2D eigenvalue weighted by Gasteiger charge is 2.54. The number of carbonyl (C=O) groups is 3. The molecule has 8 nitrogen and oxygen atoms in total. The van der Waals surface area contributed by atoms with E-state index in [-0.39, 0.29) is 48.1 Å². The number of aromatic nitrogens is 2. The second-order valence-electron chi connectivity index (χ2n) is 9.09. The molecule has 1 fully saturated rings. The third kappa shape index (κ3) is 4.39. The van der Waals surface area contributed by atoms with Gasteiger partial charge in [0, 0.05) is 29.6 Å². The number of H-pyrrole nitrogens is 1. The number of benzene rings is 2. The van der Waals surface area contributed by atoms with Crippen LogP contribution >= 0.6 is 11.6 Å². The molecule has 2 aliphatic heterocycles. The summed E-state index contributed by atoms with van der Waals surface area (Å²) in [6.45, 7) is -1.93. The van der Waals surface area contributed by atoms with Gasteiger partial charge < -0.3 is 15.1 Å². The number of halogens is 5. The normalized spacial score (nSPS) is 16.9. The summed E-state index contributed by atoms with van der Waals surface area (Å²) in [5, 5.41) is 8.98. The summed E-state index contributed by atoms with van der Waals surface area (Å²) >= 11 is 6.30. The average molecular weight is 538 g/mol. The van der Waals surface area contributed by atoms with Crippen LogP contribution in [-0.2, 0) is 15.0 Å². The number of fused-ring (bicyclic) bond motifs is 3. The van der Waals surface area contributed by atoms with Gasteiger partial charge in [-0.15, -0.1) is 0 Å². The lowest BCUT2D eigenvalue weighted by molar-refractivity contribution is -0.138. The van der Waals surface area contributed by atoms with Crippen LogP contribution in [-0.4, -0.2) is 65.2 Å². The van der Waals surface area contributed by atoms with Crippen molar-refractivity contribution in [3.63, 3.8) is 0 Å². The van der Waals surface area contributed by atoms with Crippen LogP contribution in [0.5, 0.6) is 0 Å². The number of anilines is 1. The minimum absolute atomic E-state index is 0.0996. The van der Waals surface area contributed by atoms with Gasteiger partial charge in [0.15, 0.2) is 0 Å². The first-order valence-corrected chi connectivity index (χ1v) is 11.7. The molecular weight excluding hydrogens is 518 g/mol. The standard InChI is InChI=1S/C24H20ClF4N5O3/c25-20-15(26)2-4-17-19(20)23(22(37)34(17)11-18(35)30-12-24(27,28)29)5-7-33(8-6-23)21(36)13-1-3-16-14(9-13)10-31-32-16/h1-4,9-10H,5-8,11-12H2,(H,30,35)(H,31,32). The summed E-state index contributed by atoms with van der Waals surface area (Å²) in [5.41, 5.74) is 0.260. The van der Waals surface area contributed by atoms with Crippen LogP contribution in [0.4, 0.5) is 23.2 Å². The molecule has 0 radical (unpaired) electrons. The number of likely N-dealkylation sites (tertiary alicyclic amines) is 1. The molecule has 1 aromatic heterocycles. The molecule has 0 bridgehead atoms. The van der Waals surface area contributed by atoms with Crippen molar-refractivity contribution in [3.05, 3.63) is 58.5 Å². The largest absolute Gasteiger partial charge is 0.405 e. The van der Waals surface area contributed by atoms with Crippen molar-refractivity contribution in [2.75, 3.05) is 31.1 Å². The summed E-state index contributed by atoms with van der Waals surface area (Å²) in [6, 6.07) is 7.44. The molecule has 0 atom stereocenters. The Hall–Kier alpha value is -3.67. The van der Waals surface area contributed by atoms with E-state index in [1.807, 2.05) is 0 Å². The van der Waals surface area contributed by atoms with Gasteiger partial charge in [0.1, 0.15) is 18.9 Å². The number of nitrogens with one attached hydrogen (secondary N) is 2. The quantitative estimate of drug-likeness (QED) is 0.497. The van der Waals surface area contributed by atoms with E-state index >= 15 is 0 Å². The summed E-state index contributed by atoms with van der Waals surface area (Å²) in [5.74, 6) is -2.60. The van der Waals surface area contributed by atoms with Crippen LogP contribution in [0.25, 0.3) is 10.9 Å². The fourth-order valence-corrected chi connectivity index (χ4v) is 5.40. The Labute approximate surface area is 212 Å². The maximum absolute atomic E-state index is 14.5. The zero-order valence-electron chi connectivity index (χ0n) is 19.2. The number of nitrogens with zero attached hydrogens (tertiary/aromatic N) is 3. The fourth-order valence-electron chi connectivity index (χ4n) is 5.06. The van der Waals surface area contributed by atoms with E-state index in [0.717, 1.165) is 21.9 Å². The van der Waals surface area contributed by atoms with E-state index < -0.39 is 42.3 Å². The third-order valence-electron chi connectivity index (χ3n) is 6.88. The lowest BCUT2D eigenvalue weighted by atomic mass is 9.73. The monoisotopic (exact) mass is 537 g/mol. The highest BCUT2D eigenvalue weighted by Crippen LogP contribution is 2.51. The smallest absolute Gasteiger partial charge is 0.345 e. The Morgan fingerprint density at radius 2 is 1.89 bits per heavy atom. The predicted octanol–water partition coefficient (Wildman–Crippen LogP) is 3.55. The molecule has 5 rings (SSSR count). The van der Waals surface area contributed by atoms with Crippen LogP contribution < -0.4 is 10.2 Å². The first kappa shape index (κ1) is 25.0. The van der Waals surface area contributed by atoms with E-state index in [1.54, 1.807) is 34.6 Å². The van der Waals surface area contributed by atoms with E-state index in [2.05, 4.69) is 10.2 Å². The van der Waals surface area contributed by atoms with E-state index in [4.69, 9.17) is 11.6 Å². The molecular formula is C24H20ClF4N5O3. The van der Waals surface area contributed by atoms with Gasteiger partial charge in [-0.1, -0.05) is 11.6 Å². The van der Waals surface area contributed by atoms with Crippen molar-refractivity contribution in [1.82, 2.24) is 20.4 Å². The molecule has 1 saturated heterocycles. The highest BCUT2D eigenvalue weighted by molar-refractivity contribution is 6.33. The summed E-state index contributed by atoms with van der Waals surface area (Å²) in [7, 11) is 0. The summed E-state index contributed by atoms with van der Waals surface area (Å²) in [6.07, 6.45) is -2.82. The van der Waals surface area contributed by atoms with E-state index in [0.29, 0.717) is 5.56 Å². The van der Waals surface area contributed by atoms with Crippen LogP contribution in [0.3, 0.4) is 0 Å². The molecule has 2 aromatic carbocycles. The SMILES string of the molecule is O=C(CN1C(=O)C2(CCN(C(=O)c3ccc4[nH]ncc4c3)CC2)c2c1ccc(F)c2Cl)NCC(F)(F)F. The molecule has 2 N–H and O–H groups in total. The lowest BCUT2D eigenvalue weighted by Crippen LogP contribution is -2.51. The average Bonchev–Trinajstić information content (AvgIpc) is 3.42. The lowest BCUT2D eigenvalue weighted by Gasteiger charge is -2.38. The van der Waals surface area contributed by atoms with Gasteiger partial charge in [0.25, 0.3) is 5.91 Å². The van der Waals surface area contributed by atoms with Crippen LogP contribution in [0, 0.1) is 5.82 Å². The second-order valence-corrected chi connectivity index (χ2v) is 9.46. The highest BCUT2D eigenvalue weighted by atomic mass is 35.5. The Balaban J connectivity index is 1.39. The summed E-state index contributed by atoms with van der Waals surface area (Å²) in [4.78, 5) is 41.6. The van der Waals surface area contributed by atoms with Crippen LogP contribution in [0.2, 0.25) is 5.02 Å². The Bertz CT molecular complexity index is 1420. The predicted molar refractivity (Wildman–Crippen MR) is 126 cm³/mol. The Morgan fingerprint density at radius 1 is 1.16 bits per heavy atom. The molecule has 2 aliphatic rings. The van der Waals surface area contributed by atoms with Gasteiger partial charge in [-0.2, -0.15) is 18.3 Å². The van der Waals surface area contributed by atoms with Crippen molar-refractivity contribution >= 4 is 45.9 Å². The number of aromatic amines is 1. The van der Waals surface area contributed by atoms with E-state index in [1.165, 1.54) is 6.07 Å². The number of piperidine rings is 1. The molecule has 194 valence electrons. The molecule has 3 aromatic rings. The second kappa shape index (κ2) is 9.02. The molecule has 0 aliphatic carbocycles. The molecule has 3 heterocycles. The van der Waals surface area contributed by atoms with Crippen LogP contribution in [0.15, 0.2) is 36.5 Å². The summed E-state index contributed by atoms with van der Waals surface area (Å²) < 4.78 is 52.0.